The normalized spacial score (nSPS) is 16.3. The van der Waals surface area contributed by atoms with Gasteiger partial charge in [-0.05, 0) is 54.6 Å². The van der Waals surface area contributed by atoms with Gasteiger partial charge in [0.2, 0.25) is 0 Å². The Morgan fingerprint density at radius 2 is 1.77 bits per heavy atom. The zero-order valence-corrected chi connectivity index (χ0v) is 19.6. The first-order valence-corrected chi connectivity index (χ1v) is 12.1. The number of benzene rings is 2. The van der Waals surface area contributed by atoms with E-state index in [0.29, 0.717) is 6.54 Å². The molecule has 35 heavy (non-hydrogen) atoms. The molecule has 3 aromatic heterocycles. The third kappa shape index (κ3) is 3.23. The van der Waals surface area contributed by atoms with Gasteiger partial charge in [0.1, 0.15) is 0 Å². The van der Waals surface area contributed by atoms with Crippen molar-refractivity contribution >= 4 is 28.0 Å². The van der Waals surface area contributed by atoms with Crippen LogP contribution in [0.3, 0.4) is 0 Å². The lowest BCUT2D eigenvalue weighted by molar-refractivity contribution is 0.0966. The molecule has 2 N–H and O–H groups in total. The fourth-order valence-electron chi connectivity index (χ4n) is 5.49. The zero-order chi connectivity index (χ0) is 23.5. The highest BCUT2D eigenvalue weighted by molar-refractivity contribution is 6.07. The molecule has 2 aliphatic heterocycles. The van der Waals surface area contributed by atoms with Crippen molar-refractivity contribution in [3.8, 4) is 22.4 Å². The van der Waals surface area contributed by atoms with Crippen molar-refractivity contribution < 1.29 is 4.79 Å². The van der Waals surface area contributed by atoms with E-state index in [9.17, 15) is 4.79 Å². The Hall–Kier alpha value is -4.10. The van der Waals surface area contributed by atoms with Crippen LogP contribution >= 0.6 is 0 Å². The molecule has 0 unspecified atom stereocenters. The number of pyridine rings is 1. The molecule has 0 bridgehead atoms. The van der Waals surface area contributed by atoms with E-state index in [2.05, 4.69) is 74.7 Å². The van der Waals surface area contributed by atoms with Gasteiger partial charge in [-0.15, -0.1) is 0 Å². The minimum atomic E-state index is -0.0231. The van der Waals surface area contributed by atoms with E-state index in [1.165, 1.54) is 5.69 Å². The molecule has 0 spiro atoms. The molecule has 0 saturated carbocycles. The molecule has 1 fully saturated rings. The minimum absolute atomic E-state index is 0.0231. The predicted octanol–water partition coefficient (Wildman–Crippen LogP) is 4.14. The monoisotopic (exact) mass is 462 g/mol. The van der Waals surface area contributed by atoms with Gasteiger partial charge in [0.25, 0.3) is 5.91 Å². The van der Waals surface area contributed by atoms with E-state index in [4.69, 9.17) is 0 Å². The maximum atomic E-state index is 13.0. The Labute approximate surface area is 203 Å². The summed E-state index contributed by atoms with van der Waals surface area (Å²) in [4.78, 5) is 21.4. The van der Waals surface area contributed by atoms with Crippen molar-refractivity contribution in [3.63, 3.8) is 0 Å². The lowest BCUT2D eigenvalue weighted by atomic mass is 9.92. The summed E-state index contributed by atoms with van der Waals surface area (Å²) in [5.74, 6) is -0.0231. The summed E-state index contributed by atoms with van der Waals surface area (Å²) in [6, 6.07) is 19.0. The molecule has 7 rings (SSSR count). The number of fused-ring (bicyclic) bond motifs is 3. The van der Waals surface area contributed by atoms with Crippen LogP contribution in [-0.2, 0) is 6.54 Å². The summed E-state index contributed by atoms with van der Waals surface area (Å²) in [6.07, 6.45) is 3.83. The number of anilines is 1. The standard InChI is InChI=1S/C28H26N6O/c1-32-10-12-33(13-11-32)19-5-8-24-18(14-19)15-25(31-24)21-7-6-20(23-16-29-28(35)27(21)23)22-17-30-34-9-3-2-4-26(22)34/h2-9,14-15,17,31H,10-13,16H2,1H3,(H,29,35). The number of H-pyrrole nitrogens is 1. The van der Waals surface area contributed by atoms with Gasteiger partial charge >= 0.3 is 0 Å². The molecular formula is C28H26N6O. The lowest BCUT2D eigenvalue weighted by Gasteiger charge is -2.34. The quantitative estimate of drug-likeness (QED) is 0.423. The summed E-state index contributed by atoms with van der Waals surface area (Å²) in [5, 5.41) is 8.70. The number of nitrogens with zero attached hydrogens (tertiary/aromatic N) is 4. The second-order valence-corrected chi connectivity index (χ2v) is 9.53. The number of aromatic amines is 1. The van der Waals surface area contributed by atoms with E-state index in [-0.39, 0.29) is 5.91 Å². The number of carbonyl (C=O) groups excluding carboxylic acids is 1. The van der Waals surface area contributed by atoms with Gasteiger partial charge < -0.3 is 20.1 Å². The first-order valence-electron chi connectivity index (χ1n) is 12.1. The van der Waals surface area contributed by atoms with Gasteiger partial charge in [-0.25, -0.2) is 4.52 Å². The van der Waals surface area contributed by atoms with Crippen LogP contribution in [0.1, 0.15) is 15.9 Å². The minimum Gasteiger partial charge on any atom is -0.369 e. The summed E-state index contributed by atoms with van der Waals surface area (Å²) < 4.78 is 1.87. The summed E-state index contributed by atoms with van der Waals surface area (Å²) >= 11 is 0. The van der Waals surface area contributed by atoms with Crippen molar-refractivity contribution in [2.24, 2.45) is 0 Å². The number of amides is 1. The summed E-state index contributed by atoms with van der Waals surface area (Å²) in [6.45, 7) is 4.76. The number of aromatic nitrogens is 3. The van der Waals surface area contributed by atoms with Crippen LogP contribution in [0.2, 0.25) is 0 Å². The van der Waals surface area contributed by atoms with Crippen LogP contribution < -0.4 is 10.2 Å². The van der Waals surface area contributed by atoms with Crippen LogP contribution in [0.15, 0.2) is 67.0 Å². The van der Waals surface area contributed by atoms with Crippen LogP contribution in [0.25, 0.3) is 38.8 Å². The Morgan fingerprint density at radius 1 is 0.914 bits per heavy atom. The van der Waals surface area contributed by atoms with E-state index in [1.807, 2.05) is 29.0 Å². The van der Waals surface area contributed by atoms with Crippen LogP contribution in [0, 0.1) is 0 Å². The summed E-state index contributed by atoms with van der Waals surface area (Å²) in [5.41, 5.74) is 9.15. The van der Waals surface area contributed by atoms with E-state index in [1.54, 1.807) is 0 Å². The fourth-order valence-corrected chi connectivity index (χ4v) is 5.49. The van der Waals surface area contributed by atoms with Crippen molar-refractivity contribution in [1.29, 1.82) is 0 Å². The Bertz CT molecular complexity index is 1600. The van der Waals surface area contributed by atoms with Gasteiger partial charge in [0.05, 0.1) is 17.3 Å². The van der Waals surface area contributed by atoms with Crippen molar-refractivity contribution in [2.75, 3.05) is 38.1 Å². The smallest absolute Gasteiger partial charge is 0.252 e. The number of likely N-dealkylation sites (N-methyl/N-ethyl adjacent to an activating group) is 1. The third-order valence-corrected chi connectivity index (χ3v) is 7.45. The summed E-state index contributed by atoms with van der Waals surface area (Å²) in [7, 11) is 2.18. The highest BCUT2D eigenvalue weighted by Crippen LogP contribution is 2.38. The molecule has 2 aliphatic rings. The van der Waals surface area contributed by atoms with E-state index < -0.39 is 0 Å². The van der Waals surface area contributed by atoms with Gasteiger partial charge in [-0.1, -0.05) is 18.2 Å². The Kier molecular flexibility index (Phi) is 4.47. The van der Waals surface area contributed by atoms with Gasteiger partial charge in [0.15, 0.2) is 0 Å². The second kappa shape index (κ2) is 7.71. The Balaban J connectivity index is 1.31. The topological polar surface area (TPSA) is 68.7 Å². The van der Waals surface area contributed by atoms with Gasteiger partial charge in [0, 0.05) is 72.3 Å². The first-order chi connectivity index (χ1) is 17.2. The Morgan fingerprint density at radius 3 is 2.66 bits per heavy atom. The predicted molar refractivity (Wildman–Crippen MR) is 139 cm³/mol. The number of hydrogen-bond acceptors (Lipinski definition) is 4. The average Bonchev–Trinajstić information content (AvgIpc) is 3.60. The fraction of sp³-hybridized carbons (Fsp3) is 0.214. The number of nitrogens with one attached hydrogen (secondary N) is 2. The molecule has 1 saturated heterocycles. The zero-order valence-electron chi connectivity index (χ0n) is 19.6. The van der Waals surface area contributed by atoms with Crippen molar-refractivity contribution in [1.82, 2.24) is 24.8 Å². The molecule has 5 heterocycles. The maximum absolute atomic E-state index is 13.0. The molecule has 5 aromatic rings. The lowest BCUT2D eigenvalue weighted by Crippen LogP contribution is -2.44. The van der Waals surface area contributed by atoms with Gasteiger partial charge in [-0.2, -0.15) is 5.10 Å². The molecule has 1 amide bonds. The number of piperazine rings is 1. The molecular weight excluding hydrogens is 436 g/mol. The number of hydrogen-bond donors (Lipinski definition) is 2. The first kappa shape index (κ1) is 20.3. The largest absolute Gasteiger partial charge is 0.369 e. The van der Waals surface area contributed by atoms with E-state index >= 15 is 0 Å². The molecule has 2 aromatic carbocycles. The molecule has 0 aliphatic carbocycles. The van der Waals surface area contributed by atoms with Crippen LogP contribution in [-0.4, -0.2) is 58.6 Å². The molecule has 7 nitrogen and oxygen atoms in total. The molecule has 174 valence electrons. The second-order valence-electron chi connectivity index (χ2n) is 9.53. The van der Waals surface area contributed by atoms with Crippen LogP contribution in [0.4, 0.5) is 5.69 Å². The molecule has 7 heteroatoms. The van der Waals surface area contributed by atoms with E-state index in [0.717, 1.165) is 76.1 Å². The number of rotatable bonds is 3. The number of carbonyl (C=O) groups is 1. The van der Waals surface area contributed by atoms with Gasteiger partial charge in [-0.3, -0.25) is 4.79 Å². The SMILES string of the molecule is CN1CCN(c2ccc3[nH]c(-c4ccc(-c5cnn6ccccc56)c5c4C(=O)NC5)cc3c2)CC1. The maximum Gasteiger partial charge on any atom is 0.252 e. The van der Waals surface area contributed by atoms with Crippen molar-refractivity contribution in [2.45, 2.75) is 6.54 Å². The highest BCUT2D eigenvalue weighted by Gasteiger charge is 2.28. The highest BCUT2D eigenvalue weighted by atomic mass is 16.1. The molecule has 0 atom stereocenters. The van der Waals surface area contributed by atoms with Crippen LogP contribution in [0.5, 0.6) is 0 Å². The third-order valence-electron chi connectivity index (χ3n) is 7.45. The average molecular weight is 463 g/mol. The van der Waals surface area contributed by atoms with Crippen molar-refractivity contribution in [3.05, 3.63) is 78.1 Å². The molecule has 0 radical (unpaired) electrons.